The van der Waals surface area contributed by atoms with Crippen molar-refractivity contribution in [2.75, 3.05) is 13.2 Å². The lowest BCUT2D eigenvalue weighted by molar-refractivity contribution is -0.405. The number of hydrogen-bond acceptors (Lipinski definition) is 4. The number of aliphatic hydroxyl groups excluding tert-OH is 1. The van der Waals surface area contributed by atoms with Gasteiger partial charge in [-0.05, 0) is 73.9 Å². The Morgan fingerprint density at radius 3 is 2.16 bits per heavy atom. The molecule has 3 saturated carbocycles. The molecule has 3 aliphatic carbocycles. The molecular weight excluding hydrogens is 476 g/mol. The van der Waals surface area contributed by atoms with Crippen LogP contribution in [-0.4, -0.2) is 44.6 Å². The molecule has 0 aromatic carbocycles. The summed E-state index contributed by atoms with van der Waals surface area (Å²) in [5, 5.41) is 11.6. The maximum Gasteiger partial charge on any atom is 0.193 e. The standard InChI is InChI=1S/C32H56O4Si/c1-22(2)21-26-29-25(27(33)17-18-31(29,23(3)4)32(26)34-19-20-35-32)15-16-28(24-13-11-10-12-14-24)36-37(8,9)30(5,6)7/h22-29,33H,10-14,17-21H2,1-9H3/t25-,26?,27+,28-,29-,31+/m1/s1. The van der Waals surface area contributed by atoms with Gasteiger partial charge in [-0.15, -0.1) is 0 Å². The molecule has 4 aliphatic rings. The van der Waals surface area contributed by atoms with Crippen molar-refractivity contribution >= 4 is 8.32 Å². The lowest BCUT2D eigenvalue weighted by Gasteiger charge is -2.72. The van der Waals surface area contributed by atoms with Gasteiger partial charge in [0.15, 0.2) is 14.1 Å². The minimum atomic E-state index is -1.97. The molecule has 0 amide bonds. The second-order valence-electron chi connectivity index (χ2n) is 14.9. The number of rotatable bonds is 6. The first-order valence-corrected chi connectivity index (χ1v) is 18.3. The molecule has 0 bridgehead atoms. The van der Waals surface area contributed by atoms with Gasteiger partial charge in [-0.2, -0.15) is 0 Å². The molecule has 1 unspecified atom stereocenters. The molecular formula is C32H56O4Si. The number of hydrogen-bond donors (Lipinski definition) is 1. The summed E-state index contributed by atoms with van der Waals surface area (Å²) in [5.41, 5.74) is -0.0811. The van der Waals surface area contributed by atoms with Crippen molar-refractivity contribution < 1.29 is 19.0 Å². The fourth-order valence-corrected chi connectivity index (χ4v) is 9.37. The average molecular weight is 533 g/mol. The highest BCUT2D eigenvalue weighted by Crippen LogP contribution is 2.73. The summed E-state index contributed by atoms with van der Waals surface area (Å²) < 4.78 is 20.2. The van der Waals surface area contributed by atoms with Crippen molar-refractivity contribution in [3.05, 3.63) is 0 Å². The second-order valence-corrected chi connectivity index (χ2v) is 19.7. The predicted octanol–water partition coefficient (Wildman–Crippen LogP) is 7.41. The predicted molar refractivity (Wildman–Crippen MR) is 153 cm³/mol. The molecule has 1 heterocycles. The van der Waals surface area contributed by atoms with E-state index in [4.69, 9.17) is 13.9 Å². The first-order chi connectivity index (χ1) is 17.3. The van der Waals surface area contributed by atoms with Crippen molar-refractivity contribution in [1.29, 1.82) is 0 Å². The highest BCUT2D eigenvalue weighted by Gasteiger charge is 2.78. The number of ether oxygens (including phenoxy) is 2. The maximum absolute atomic E-state index is 11.4. The molecule has 4 nitrogen and oxygen atoms in total. The lowest BCUT2D eigenvalue weighted by atomic mass is 9.37. The first-order valence-electron chi connectivity index (χ1n) is 15.4. The Morgan fingerprint density at radius 1 is 1.00 bits per heavy atom. The fraction of sp³-hybridized carbons (Fsp3) is 0.938. The summed E-state index contributed by atoms with van der Waals surface area (Å²) >= 11 is 0. The van der Waals surface area contributed by atoms with Crippen LogP contribution in [0.3, 0.4) is 0 Å². The molecule has 1 saturated heterocycles. The molecule has 37 heavy (non-hydrogen) atoms. The van der Waals surface area contributed by atoms with Crippen molar-refractivity contribution in [3.8, 4) is 11.8 Å². The van der Waals surface area contributed by atoms with Crippen LogP contribution in [0.25, 0.3) is 0 Å². The Labute approximate surface area is 229 Å². The quantitative estimate of drug-likeness (QED) is 0.286. The third kappa shape index (κ3) is 5.13. The number of fused-ring (bicyclic) bond motifs is 2. The van der Waals surface area contributed by atoms with Gasteiger partial charge in [-0.25, -0.2) is 0 Å². The lowest BCUT2D eigenvalue weighted by Crippen LogP contribution is -2.77. The van der Waals surface area contributed by atoms with Crippen molar-refractivity contribution in [2.45, 2.75) is 136 Å². The zero-order valence-corrected chi connectivity index (χ0v) is 26.4. The third-order valence-electron chi connectivity index (χ3n) is 11.0. The van der Waals surface area contributed by atoms with Crippen LogP contribution < -0.4 is 0 Å². The topological polar surface area (TPSA) is 47.9 Å². The van der Waals surface area contributed by atoms with Crippen LogP contribution >= 0.6 is 0 Å². The van der Waals surface area contributed by atoms with Crippen LogP contribution in [0.5, 0.6) is 0 Å². The highest BCUT2D eigenvalue weighted by atomic mass is 28.4. The molecule has 5 heteroatoms. The minimum absolute atomic E-state index is 0.0275. The van der Waals surface area contributed by atoms with E-state index < -0.39 is 20.2 Å². The van der Waals surface area contributed by atoms with Crippen LogP contribution in [0, 0.1) is 52.8 Å². The van der Waals surface area contributed by atoms with Crippen molar-refractivity contribution in [1.82, 2.24) is 0 Å². The Bertz CT molecular complexity index is 837. The Balaban J connectivity index is 1.70. The van der Waals surface area contributed by atoms with E-state index in [9.17, 15) is 5.11 Å². The number of aliphatic hydroxyl groups is 1. The van der Waals surface area contributed by atoms with E-state index in [0.717, 1.165) is 19.3 Å². The Hall–Kier alpha value is -0.383. The molecule has 212 valence electrons. The zero-order chi connectivity index (χ0) is 27.2. The van der Waals surface area contributed by atoms with Crippen molar-refractivity contribution in [3.63, 3.8) is 0 Å². The van der Waals surface area contributed by atoms with Crippen LogP contribution in [0.4, 0.5) is 0 Å². The molecule has 1 aliphatic heterocycles. The van der Waals surface area contributed by atoms with Gasteiger partial charge in [-0.1, -0.05) is 79.6 Å². The summed E-state index contributed by atoms with van der Waals surface area (Å²) in [7, 11) is -1.97. The van der Waals surface area contributed by atoms with Gasteiger partial charge < -0.3 is 19.0 Å². The Morgan fingerprint density at radius 2 is 1.62 bits per heavy atom. The van der Waals surface area contributed by atoms with E-state index in [-0.39, 0.29) is 28.4 Å². The first kappa shape index (κ1) is 29.6. The fourth-order valence-electron chi connectivity index (χ4n) is 8.13. The summed E-state index contributed by atoms with van der Waals surface area (Å²) in [6.07, 6.45) is 8.67. The SMILES string of the molecule is CC(C)CC1[C@H]2[C@H](C#C[C@@H](O[Si](C)(C)C(C)(C)C)C3CCCCC3)[C@@H](O)CC[C@@]2(C(C)C)C12OCCO2. The molecule has 4 fully saturated rings. The normalized spacial score (nSPS) is 35.2. The third-order valence-corrected chi connectivity index (χ3v) is 15.4. The van der Waals surface area contributed by atoms with Gasteiger partial charge in [-0.3, -0.25) is 0 Å². The van der Waals surface area contributed by atoms with E-state index in [1.165, 1.54) is 32.1 Å². The Kier molecular flexibility index (Phi) is 8.71. The largest absolute Gasteiger partial charge is 0.403 e. The van der Waals surface area contributed by atoms with Gasteiger partial charge in [0.05, 0.1) is 25.2 Å². The van der Waals surface area contributed by atoms with Crippen LogP contribution in [0.1, 0.15) is 99.8 Å². The molecule has 0 aromatic heterocycles. The zero-order valence-electron chi connectivity index (χ0n) is 25.4. The van der Waals surface area contributed by atoms with Gasteiger partial charge >= 0.3 is 0 Å². The monoisotopic (exact) mass is 532 g/mol. The molecule has 1 spiro atoms. The van der Waals surface area contributed by atoms with E-state index in [1.54, 1.807) is 0 Å². The van der Waals surface area contributed by atoms with E-state index >= 15 is 0 Å². The summed E-state index contributed by atoms with van der Waals surface area (Å²) in [6, 6.07) is 0. The van der Waals surface area contributed by atoms with E-state index in [0.29, 0.717) is 36.9 Å². The van der Waals surface area contributed by atoms with Crippen molar-refractivity contribution in [2.24, 2.45) is 40.9 Å². The molecule has 0 radical (unpaired) electrons. The minimum Gasteiger partial charge on any atom is -0.403 e. The molecule has 1 N–H and O–H groups in total. The van der Waals surface area contributed by atoms with Crippen LogP contribution in [0.2, 0.25) is 18.1 Å². The summed E-state index contributed by atoms with van der Waals surface area (Å²) in [6.45, 7) is 22.3. The van der Waals surface area contributed by atoms with Gasteiger partial charge in [0.2, 0.25) is 0 Å². The van der Waals surface area contributed by atoms with E-state index in [2.05, 4.69) is 73.4 Å². The molecule has 6 atom stereocenters. The highest BCUT2D eigenvalue weighted by molar-refractivity contribution is 6.74. The average Bonchev–Trinajstić information content (AvgIpc) is 3.33. The second kappa shape index (κ2) is 10.9. The van der Waals surface area contributed by atoms with E-state index in [1.807, 2.05) is 0 Å². The van der Waals surface area contributed by atoms with Crippen LogP contribution in [-0.2, 0) is 13.9 Å². The van der Waals surface area contributed by atoms with Gasteiger partial charge in [0.25, 0.3) is 0 Å². The summed E-state index contributed by atoms with van der Waals surface area (Å²) in [4.78, 5) is 0. The van der Waals surface area contributed by atoms with Gasteiger partial charge in [0, 0.05) is 11.3 Å². The molecule has 4 rings (SSSR count). The smallest absolute Gasteiger partial charge is 0.193 e. The summed E-state index contributed by atoms with van der Waals surface area (Å²) in [5.74, 6) is 8.97. The van der Waals surface area contributed by atoms with Gasteiger partial charge in [0.1, 0.15) is 6.10 Å². The molecule has 0 aromatic rings. The van der Waals surface area contributed by atoms with Crippen LogP contribution in [0.15, 0.2) is 0 Å². The maximum atomic E-state index is 11.4.